The molecule has 2 heteroatoms. The number of nitrogens with zero attached hydrogens (tertiary/aromatic N) is 1. The van der Waals surface area contributed by atoms with E-state index in [1.54, 1.807) is 7.11 Å². The van der Waals surface area contributed by atoms with Crippen LogP contribution in [0.15, 0.2) is 24.3 Å². The Morgan fingerprint density at radius 2 is 2.08 bits per heavy atom. The van der Waals surface area contributed by atoms with Gasteiger partial charge < -0.3 is 0 Å². The zero-order valence-corrected chi connectivity index (χ0v) is 6.58. The van der Waals surface area contributed by atoms with E-state index in [0.29, 0.717) is 0 Å². The van der Waals surface area contributed by atoms with E-state index in [1.807, 2.05) is 11.1 Å². The van der Waals surface area contributed by atoms with E-state index < -0.39 is 0 Å². The molecule has 0 saturated heterocycles. The first kappa shape index (κ1) is 9.07. The van der Waals surface area contributed by atoms with Crippen molar-refractivity contribution in [1.29, 1.82) is 0 Å². The summed E-state index contributed by atoms with van der Waals surface area (Å²) in [7, 11) is 1.71. The first-order chi connectivity index (χ1) is 5.42. The summed E-state index contributed by atoms with van der Waals surface area (Å²) in [5.41, 5.74) is 2.60. The Morgan fingerprint density at radius 1 is 1.33 bits per heavy atom. The fourth-order valence-corrected chi connectivity index (χ4v) is 1.50. The summed E-state index contributed by atoms with van der Waals surface area (Å²) in [6, 6.07) is 8.34. The van der Waals surface area contributed by atoms with Crippen molar-refractivity contribution in [1.82, 2.24) is 0 Å². The van der Waals surface area contributed by atoms with Crippen LogP contribution in [0.3, 0.4) is 0 Å². The van der Waals surface area contributed by atoms with Crippen molar-refractivity contribution in [3.8, 4) is 0 Å². The summed E-state index contributed by atoms with van der Waals surface area (Å²) in [6.45, 7) is 0.982. The van der Waals surface area contributed by atoms with Crippen LogP contribution in [0.4, 0.5) is 5.69 Å². The molecule has 0 amide bonds. The number of fused-ring (bicyclic) bond motifs is 1. The monoisotopic (exact) mass is 165 g/mol. The minimum Gasteiger partial charge on any atom is -0.277 e. The molecule has 2 rings (SSSR count). The highest BCUT2D eigenvalue weighted by molar-refractivity contribution is 5.55. The van der Waals surface area contributed by atoms with Crippen LogP contribution in [0.5, 0.6) is 0 Å². The predicted molar refractivity (Wildman–Crippen MR) is 51.2 cm³/mol. The summed E-state index contributed by atoms with van der Waals surface area (Å²) < 4.78 is 0. The van der Waals surface area contributed by atoms with Crippen molar-refractivity contribution in [2.45, 2.75) is 13.8 Å². The van der Waals surface area contributed by atoms with Gasteiger partial charge in [0.1, 0.15) is 0 Å². The summed E-state index contributed by atoms with van der Waals surface area (Å²) in [5.74, 6) is 0. The molecule has 0 saturated carbocycles. The van der Waals surface area contributed by atoms with E-state index in [1.165, 1.54) is 11.3 Å². The Hall–Kier alpha value is -1.02. The molecule has 1 aromatic rings. The van der Waals surface area contributed by atoms with Crippen LogP contribution in [0, 0.1) is 0 Å². The molecule has 1 heterocycles. The molecule has 12 heavy (non-hydrogen) atoms. The van der Waals surface area contributed by atoms with Gasteiger partial charge in [0.2, 0.25) is 0 Å². The lowest BCUT2D eigenvalue weighted by atomic mass is 10.2. The van der Waals surface area contributed by atoms with Crippen molar-refractivity contribution in [3.05, 3.63) is 29.8 Å². The molecular formula is C10H15NO. The fourth-order valence-electron chi connectivity index (χ4n) is 1.50. The number of benzene rings is 1. The Morgan fingerprint density at radius 3 is 2.83 bits per heavy atom. The van der Waals surface area contributed by atoms with Crippen molar-refractivity contribution < 1.29 is 4.84 Å². The van der Waals surface area contributed by atoms with Gasteiger partial charge in [-0.1, -0.05) is 25.6 Å². The number of hydrogen-bond donors (Lipinski definition) is 0. The zero-order chi connectivity index (χ0) is 7.68. The number of hydroxylamine groups is 1. The standard InChI is InChI=1S/C9H11NO.CH4/c1-11-10-7-6-8-4-2-3-5-9(8)10;/h2-5H,6-7H2,1H3;1H4. The first-order valence-electron chi connectivity index (χ1n) is 3.81. The lowest BCUT2D eigenvalue weighted by Gasteiger charge is -2.14. The Labute approximate surface area is 73.7 Å². The second-order valence-corrected chi connectivity index (χ2v) is 2.66. The summed E-state index contributed by atoms with van der Waals surface area (Å²) in [4.78, 5) is 5.17. The first-order valence-corrected chi connectivity index (χ1v) is 3.81. The molecule has 0 unspecified atom stereocenters. The van der Waals surface area contributed by atoms with E-state index >= 15 is 0 Å². The molecule has 0 aromatic heterocycles. The average Bonchev–Trinajstić information content (AvgIpc) is 2.47. The molecule has 0 radical (unpaired) electrons. The average molecular weight is 165 g/mol. The zero-order valence-electron chi connectivity index (χ0n) is 6.58. The second-order valence-electron chi connectivity index (χ2n) is 2.66. The third-order valence-electron chi connectivity index (χ3n) is 2.06. The smallest absolute Gasteiger partial charge is 0.0669 e. The van der Waals surface area contributed by atoms with Gasteiger partial charge in [-0.25, -0.2) is 0 Å². The minimum atomic E-state index is 0. The maximum absolute atomic E-state index is 5.17. The van der Waals surface area contributed by atoms with E-state index in [2.05, 4.69) is 18.2 Å². The van der Waals surface area contributed by atoms with Crippen LogP contribution in [0.1, 0.15) is 13.0 Å². The second kappa shape index (κ2) is 3.59. The molecule has 0 bridgehead atoms. The molecule has 0 N–H and O–H groups in total. The van der Waals surface area contributed by atoms with Crippen LogP contribution in [-0.2, 0) is 11.3 Å². The Bertz CT molecular complexity index is 260. The minimum absolute atomic E-state index is 0. The Kier molecular flexibility index (Phi) is 2.71. The van der Waals surface area contributed by atoms with Crippen LogP contribution in [0.25, 0.3) is 0 Å². The van der Waals surface area contributed by atoms with Gasteiger partial charge in [-0.2, -0.15) is 0 Å². The van der Waals surface area contributed by atoms with Gasteiger partial charge in [-0.05, 0) is 18.1 Å². The normalized spacial score (nSPS) is 13.9. The number of hydrogen-bond acceptors (Lipinski definition) is 2. The van der Waals surface area contributed by atoms with Crippen molar-refractivity contribution in [2.75, 3.05) is 18.7 Å². The van der Waals surface area contributed by atoms with Crippen molar-refractivity contribution >= 4 is 5.69 Å². The summed E-state index contributed by atoms with van der Waals surface area (Å²) in [6.07, 6.45) is 1.10. The van der Waals surface area contributed by atoms with Gasteiger partial charge in [0, 0.05) is 6.54 Å². The molecule has 1 aliphatic heterocycles. The molecule has 0 atom stereocenters. The van der Waals surface area contributed by atoms with E-state index in [9.17, 15) is 0 Å². The van der Waals surface area contributed by atoms with Crippen LogP contribution in [0.2, 0.25) is 0 Å². The van der Waals surface area contributed by atoms with Gasteiger partial charge in [-0.3, -0.25) is 9.90 Å². The van der Waals surface area contributed by atoms with Gasteiger partial charge in [0.05, 0.1) is 12.8 Å². The number of rotatable bonds is 1. The molecule has 0 fully saturated rings. The maximum Gasteiger partial charge on any atom is 0.0669 e. The molecular weight excluding hydrogens is 150 g/mol. The summed E-state index contributed by atoms with van der Waals surface area (Å²) in [5, 5.41) is 1.93. The molecule has 2 nitrogen and oxygen atoms in total. The summed E-state index contributed by atoms with van der Waals surface area (Å²) >= 11 is 0. The predicted octanol–water partition coefficient (Wildman–Crippen LogP) is 2.25. The van der Waals surface area contributed by atoms with Crippen LogP contribution < -0.4 is 5.06 Å². The van der Waals surface area contributed by atoms with Crippen LogP contribution in [-0.4, -0.2) is 13.7 Å². The van der Waals surface area contributed by atoms with Crippen LogP contribution >= 0.6 is 0 Å². The highest BCUT2D eigenvalue weighted by atomic mass is 16.7. The lowest BCUT2D eigenvalue weighted by Crippen LogP contribution is -2.17. The largest absolute Gasteiger partial charge is 0.277 e. The lowest BCUT2D eigenvalue weighted by molar-refractivity contribution is 0.174. The molecule has 0 spiro atoms. The highest BCUT2D eigenvalue weighted by Gasteiger charge is 2.16. The molecule has 0 aliphatic carbocycles. The molecule has 1 aliphatic rings. The quantitative estimate of drug-likeness (QED) is 0.632. The van der Waals surface area contributed by atoms with E-state index in [0.717, 1.165) is 13.0 Å². The third kappa shape index (κ3) is 1.30. The SMILES string of the molecule is C.CON1CCc2ccccc21. The molecule has 1 aromatic carbocycles. The van der Waals surface area contributed by atoms with Gasteiger partial charge >= 0.3 is 0 Å². The topological polar surface area (TPSA) is 12.5 Å². The molecule has 66 valence electrons. The highest BCUT2D eigenvalue weighted by Crippen LogP contribution is 2.26. The maximum atomic E-state index is 5.17. The van der Waals surface area contributed by atoms with E-state index in [4.69, 9.17) is 4.84 Å². The fraction of sp³-hybridized carbons (Fsp3) is 0.400. The number of anilines is 1. The van der Waals surface area contributed by atoms with Gasteiger partial charge in [0.25, 0.3) is 0 Å². The van der Waals surface area contributed by atoms with E-state index in [-0.39, 0.29) is 7.43 Å². The Balaban J connectivity index is 0.000000720. The number of para-hydroxylation sites is 1. The van der Waals surface area contributed by atoms with Gasteiger partial charge in [0.15, 0.2) is 0 Å². The van der Waals surface area contributed by atoms with Gasteiger partial charge in [-0.15, -0.1) is 0 Å². The van der Waals surface area contributed by atoms with Crippen molar-refractivity contribution in [3.63, 3.8) is 0 Å². The third-order valence-corrected chi connectivity index (χ3v) is 2.06. The van der Waals surface area contributed by atoms with Crippen molar-refractivity contribution in [2.24, 2.45) is 0 Å².